The molecule has 2 fully saturated rings. The summed E-state index contributed by atoms with van der Waals surface area (Å²) in [6.45, 7) is 3.28. The van der Waals surface area contributed by atoms with Crippen molar-refractivity contribution in [2.45, 2.75) is 76.3 Å². The zero-order chi connectivity index (χ0) is 33.3. The van der Waals surface area contributed by atoms with E-state index in [9.17, 15) is 14.4 Å². The smallest absolute Gasteiger partial charge is 0.330 e. The van der Waals surface area contributed by atoms with Crippen molar-refractivity contribution in [2.75, 3.05) is 25.6 Å². The molecular weight excluding hydrogens is 627 g/mol. The van der Waals surface area contributed by atoms with Gasteiger partial charge in [0.1, 0.15) is 23.6 Å². The first kappa shape index (κ1) is 32.0. The number of esters is 1. The average Bonchev–Trinajstić information content (AvgIpc) is 3.58. The lowest BCUT2D eigenvalue weighted by Gasteiger charge is -2.40. The quantitative estimate of drug-likeness (QED) is 0.140. The van der Waals surface area contributed by atoms with E-state index in [2.05, 4.69) is 21.3 Å². The maximum Gasteiger partial charge on any atom is 0.330 e. The Labute approximate surface area is 284 Å². The van der Waals surface area contributed by atoms with Crippen LogP contribution in [0.1, 0.15) is 85.0 Å². The Morgan fingerprint density at radius 1 is 1.04 bits per heavy atom. The van der Waals surface area contributed by atoms with Crippen LogP contribution in [0.15, 0.2) is 54.6 Å². The second kappa shape index (κ2) is 13.5. The lowest BCUT2D eigenvalue weighted by Crippen LogP contribution is -2.61. The zero-order valence-electron chi connectivity index (χ0n) is 27.4. The standard InChI is InChI=1S/C38H41N3O6S/c1-3-46-32(42)17-12-24-10-13-26(14-11-24)39-37(44)38(18-7-19-38)40-36(43)31-23-29-35(48-31)33(25-8-5-4-6-9-25)34-28-16-15-27(45-2)22-30(28)47-21-20-41(29)34/h10-17,22-23,25H,3-9,18-21H2,1-2H3,(H,39,44)(H,40,43)/b17-12+. The van der Waals surface area contributed by atoms with Crippen molar-refractivity contribution in [3.63, 3.8) is 0 Å². The number of methoxy groups -OCH3 is 1. The number of nitrogens with one attached hydrogen (secondary N) is 2. The summed E-state index contributed by atoms with van der Waals surface area (Å²) in [6.07, 6.45) is 11.0. The molecule has 0 atom stereocenters. The number of carbonyl (C=O) groups is 3. The molecule has 2 saturated carbocycles. The second-order valence-electron chi connectivity index (χ2n) is 12.8. The predicted octanol–water partition coefficient (Wildman–Crippen LogP) is 7.69. The van der Waals surface area contributed by atoms with Gasteiger partial charge in [-0.3, -0.25) is 9.59 Å². The highest BCUT2D eigenvalue weighted by atomic mass is 32.1. The van der Waals surface area contributed by atoms with Gasteiger partial charge >= 0.3 is 5.97 Å². The fraction of sp³-hybridized carbons (Fsp3) is 0.395. The number of thiophene rings is 1. The van der Waals surface area contributed by atoms with Crippen LogP contribution in [0.5, 0.6) is 11.5 Å². The van der Waals surface area contributed by atoms with Crippen molar-refractivity contribution >= 4 is 51.1 Å². The van der Waals surface area contributed by atoms with Gasteiger partial charge in [-0.05, 0) is 92.5 Å². The summed E-state index contributed by atoms with van der Waals surface area (Å²) < 4.78 is 20.2. The summed E-state index contributed by atoms with van der Waals surface area (Å²) in [5, 5.41) is 6.14. The van der Waals surface area contributed by atoms with Gasteiger partial charge in [-0.2, -0.15) is 0 Å². The average molecular weight is 668 g/mol. The molecule has 10 heteroatoms. The summed E-state index contributed by atoms with van der Waals surface area (Å²) in [5.74, 6) is 1.17. The fourth-order valence-corrected chi connectivity index (χ4v) is 8.43. The number of anilines is 1. The Morgan fingerprint density at radius 2 is 1.83 bits per heavy atom. The van der Waals surface area contributed by atoms with E-state index in [4.69, 9.17) is 14.2 Å². The van der Waals surface area contributed by atoms with Gasteiger partial charge in [0.15, 0.2) is 0 Å². The van der Waals surface area contributed by atoms with Crippen molar-refractivity contribution in [1.29, 1.82) is 0 Å². The van der Waals surface area contributed by atoms with Gasteiger partial charge in [-0.1, -0.05) is 31.4 Å². The summed E-state index contributed by atoms with van der Waals surface area (Å²) in [6, 6.07) is 15.3. The molecule has 2 amide bonds. The third-order valence-electron chi connectivity index (χ3n) is 9.89. The minimum absolute atomic E-state index is 0.218. The molecule has 0 spiro atoms. The van der Waals surface area contributed by atoms with Crippen LogP contribution >= 0.6 is 11.3 Å². The summed E-state index contributed by atoms with van der Waals surface area (Å²) in [5.41, 5.74) is 5.11. The monoisotopic (exact) mass is 667 g/mol. The maximum atomic E-state index is 13.9. The molecule has 48 heavy (non-hydrogen) atoms. The molecule has 0 bridgehead atoms. The highest BCUT2D eigenvalue weighted by Gasteiger charge is 2.46. The Balaban J connectivity index is 1.14. The molecule has 2 aromatic heterocycles. The largest absolute Gasteiger partial charge is 0.497 e. The van der Waals surface area contributed by atoms with Crippen molar-refractivity contribution in [1.82, 2.24) is 9.88 Å². The number of hydrogen-bond donors (Lipinski definition) is 2. The highest BCUT2D eigenvalue weighted by molar-refractivity contribution is 7.21. The molecule has 4 aromatic rings. The summed E-state index contributed by atoms with van der Waals surface area (Å²) in [4.78, 5) is 39.8. The fourth-order valence-electron chi connectivity index (χ4n) is 7.25. The van der Waals surface area contributed by atoms with E-state index in [1.807, 2.05) is 30.3 Å². The molecule has 2 aromatic carbocycles. The van der Waals surface area contributed by atoms with E-state index >= 15 is 0 Å². The Morgan fingerprint density at radius 3 is 2.54 bits per heavy atom. The van der Waals surface area contributed by atoms with Crippen LogP contribution in [0.4, 0.5) is 5.69 Å². The Hall–Kier alpha value is -4.57. The number of aromatic nitrogens is 1. The van der Waals surface area contributed by atoms with Crippen LogP contribution in [0.25, 0.3) is 27.6 Å². The molecule has 0 radical (unpaired) electrons. The van der Waals surface area contributed by atoms with Crippen molar-refractivity contribution in [3.05, 3.63) is 70.6 Å². The SMILES string of the molecule is CCOC(=O)/C=C/c1ccc(NC(=O)C2(NC(=O)c3cc4c(s3)c(C3CCCCC3)c3n4CCOc4cc(OC)ccc4-3)CCC2)cc1. The van der Waals surface area contributed by atoms with E-state index in [1.54, 1.807) is 43.6 Å². The zero-order valence-corrected chi connectivity index (χ0v) is 28.3. The third kappa shape index (κ3) is 6.09. The van der Waals surface area contributed by atoms with Crippen LogP contribution in [-0.2, 0) is 20.9 Å². The van der Waals surface area contributed by atoms with Crippen LogP contribution in [-0.4, -0.2) is 48.2 Å². The minimum Gasteiger partial charge on any atom is -0.497 e. The summed E-state index contributed by atoms with van der Waals surface area (Å²) in [7, 11) is 1.67. The number of amides is 2. The molecular formula is C38H41N3O6S. The molecule has 3 heterocycles. The normalized spacial score (nSPS) is 17.0. The first-order valence-corrected chi connectivity index (χ1v) is 17.8. The topological polar surface area (TPSA) is 108 Å². The maximum absolute atomic E-state index is 13.9. The van der Waals surface area contributed by atoms with Crippen LogP contribution in [0.2, 0.25) is 0 Å². The van der Waals surface area contributed by atoms with Gasteiger partial charge in [-0.15, -0.1) is 11.3 Å². The number of carbonyl (C=O) groups excluding carboxylic acids is 3. The van der Waals surface area contributed by atoms with Gasteiger partial charge < -0.3 is 29.4 Å². The van der Waals surface area contributed by atoms with E-state index in [0.717, 1.165) is 52.1 Å². The van der Waals surface area contributed by atoms with Crippen molar-refractivity contribution in [2.24, 2.45) is 0 Å². The van der Waals surface area contributed by atoms with Gasteiger partial charge in [0.2, 0.25) is 5.91 Å². The number of rotatable bonds is 9. The molecule has 0 unspecified atom stereocenters. The van der Waals surface area contributed by atoms with E-state index < -0.39 is 11.5 Å². The van der Waals surface area contributed by atoms with E-state index in [0.29, 0.717) is 49.1 Å². The lowest BCUT2D eigenvalue weighted by molar-refractivity contribution is -0.137. The first-order valence-electron chi connectivity index (χ1n) is 16.9. The molecule has 2 N–H and O–H groups in total. The van der Waals surface area contributed by atoms with Crippen molar-refractivity contribution in [3.8, 4) is 22.8 Å². The number of ether oxygens (including phenoxy) is 3. The second-order valence-corrected chi connectivity index (χ2v) is 13.9. The summed E-state index contributed by atoms with van der Waals surface area (Å²) >= 11 is 1.54. The molecule has 7 rings (SSSR count). The molecule has 0 saturated heterocycles. The number of hydrogen-bond acceptors (Lipinski definition) is 7. The van der Waals surface area contributed by atoms with Gasteiger partial charge in [-0.25, -0.2) is 4.79 Å². The van der Waals surface area contributed by atoms with Gasteiger partial charge in [0, 0.05) is 23.4 Å². The van der Waals surface area contributed by atoms with Crippen molar-refractivity contribution < 1.29 is 28.6 Å². The number of benzene rings is 2. The van der Waals surface area contributed by atoms with Crippen LogP contribution in [0.3, 0.4) is 0 Å². The lowest BCUT2D eigenvalue weighted by atomic mass is 9.75. The van der Waals surface area contributed by atoms with Crippen LogP contribution < -0.4 is 20.1 Å². The van der Waals surface area contributed by atoms with E-state index in [-0.39, 0.29) is 11.8 Å². The highest BCUT2D eigenvalue weighted by Crippen LogP contribution is 2.50. The number of fused-ring (bicyclic) bond motifs is 5. The third-order valence-corrected chi connectivity index (χ3v) is 11.0. The number of nitrogens with zero attached hydrogens (tertiary/aromatic N) is 1. The van der Waals surface area contributed by atoms with Gasteiger partial charge in [0.05, 0.1) is 41.0 Å². The molecule has 250 valence electrons. The Kier molecular flexibility index (Phi) is 9.00. The minimum atomic E-state index is -0.963. The molecule has 3 aliphatic rings. The molecule has 2 aliphatic carbocycles. The van der Waals surface area contributed by atoms with Gasteiger partial charge in [0.25, 0.3) is 5.91 Å². The molecule has 1 aliphatic heterocycles. The first-order chi connectivity index (χ1) is 23.4. The molecule has 9 nitrogen and oxygen atoms in total. The predicted molar refractivity (Wildman–Crippen MR) is 188 cm³/mol. The van der Waals surface area contributed by atoms with E-state index in [1.165, 1.54) is 36.6 Å². The van der Waals surface area contributed by atoms with Crippen LogP contribution in [0, 0.1) is 0 Å². The Bertz CT molecular complexity index is 1880.